The summed E-state index contributed by atoms with van der Waals surface area (Å²) >= 11 is 1.62. The molecule has 0 atom stereocenters. The Morgan fingerprint density at radius 2 is 2.10 bits per heavy atom. The van der Waals surface area contributed by atoms with E-state index in [-0.39, 0.29) is 0 Å². The maximum absolute atomic E-state index is 4.30. The Balaban J connectivity index is 1.55. The third-order valence-corrected chi connectivity index (χ3v) is 4.33. The minimum Gasteiger partial charge on any atom is -0.355 e. The maximum atomic E-state index is 4.30. The standard InChI is InChI=1S/C13H18N6S/c1-20-13-3-2-12(15-16-13)18-7-4-11(5-8-18)10-19-9-6-14-17-19/h2-3,6,9,11H,4-5,7-8,10H2,1H3. The molecule has 2 aromatic rings. The second kappa shape index (κ2) is 6.21. The molecule has 0 spiro atoms. The highest BCUT2D eigenvalue weighted by Crippen LogP contribution is 2.23. The van der Waals surface area contributed by atoms with Gasteiger partial charge in [-0.1, -0.05) is 5.21 Å². The highest BCUT2D eigenvalue weighted by atomic mass is 32.2. The highest BCUT2D eigenvalue weighted by Gasteiger charge is 2.20. The van der Waals surface area contributed by atoms with Crippen LogP contribution in [0.1, 0.15) is 12.8 Å². The normalized spacial score (nSPS) is 16.6. The zero-order valence-corrected chi connectivity index (χ0v) is 12.3. The lowest BCUT2D eigenvalue weighted by Crippen LogP contribution is -2.35. The SMILES string of the molecule is CSc1ccc(N2CCC(Cn3ccnn3)CC2)nn1. The van der Waals surface area contributed by atoms with Gasteiger partial charge in [0.05, 0.1) is 6.20 Å². The number of aromatic nitrogens is 5. The van der Waals surface area contributed by atoms with Crippen LogP contribution in [0.5, 0.6) is 0 Å². The monoisotopic (exact) mass is 290 g/mol. The average molecular weight is 290 g/mol. The third-order valence-electron chi connectivity index (χ3n) is 3.69. The molecule has 0 bridgehead atoms. The van der Waals surface area contributed by atoms with Crippen molar-refractivity contribution in [2.75, 3.05) is 24.2 Å². The van der Waals surface area contributed by atoms with Crippen LogP contribution < -0.4 is 4.90 Å². The Kier molecular flexibility index (Phi) is 4.15. The van der Waals surface area contributed by atoms with Crippen LogP contribution in [0.3, 0.4) is 0 Å². The van der Waals surface area contributed by atoms with Crippen molar-refractivity contribution in [2.45, 2.75) is 24.4 Å². The number of hydrogen-bond acceptors (Lipinski definition) is 6. The summed E-state index contributed by atoms with van der Waals surface area (Å²) in [5.41, 5.74) is 0. The van der Waals surface area contributed by atoms with Crippen LogP contribution >= 0.6 is 11.8 Å². The Morgan fingerprint density at radius 3 is 2.70 bits per heavy atom. The fraction of sp³-hybridized carbons (Fsp3) is 0.538. The molecule has 3 heterocycles. The molecule has 0 saturated carbocycles. The fourth-order valence-electron chi connectivity index (χ4n) is 2.53. The Bertz CT molecular complexity index is 518. The quantitative estimate of drug-likeness (QED) is 0.799. The van der Waals surface area contributed by atoms with Crippen molar-refractivity contribution >= 4 is 17.6 Å². The topological polar surface area (TPSA) is 59.7 Å². The first kappa shape index (κ1) is 13.4. The molecule has 0 radical (unpaired) electrons. The van der Waals surface area contributed by atoms with Gasteiger partial charge in [0.1, 0.15) is 5.03 Å². The first-order valence-corrected chi connectivity index (χ1v) is 8.04. The highest BCUT2D eigenvalue weighted by molar-refractivity contribution is 7.98. The molecule has 0 N–H and O–H groups in total. The van der Waals surface area contributed by atoms with Gasteiger partial charge in [-0.25, -0.2) is 0 Å². The van der Waals surface area contributed by atoms with Crippen molar-refractivity contribution in [3.8, 4) is 0 Å². The largest absolute Gasteiger partial charge is 0.355 e. The van der Waals surface area contributed by atoms with Gasteiger partial charge >= 0.3 is 0 Å². The van der Waals surface area contributed by atoms with Gasteiger partial charge in [-0.3, -0.25) is 4.68 Å². The summed E-state index contributed by atoms with van der Waals surface area (Å²) < 4.78 is 1.92. The number of rotatable bonds is 4. The van der Waals surface area contributed by atoms with E-state index in [2.05, 4.69) is 31.5 Å². The number of anilines is 1. The molecular weight excluding hydrogens is 272 g/mol. The molecule has 0 aliphatic carbocycles. The smallest absolute Gasteiger partial charge is 0.151 e. The molecule has 106 valence electrons. The van der Waals surface area contributed by atoms with Gasteiger partial charge in [-0.15, -0.1) is 27.1 Å². The lowest BCUT2D eigenvalue weighted by molar-refractivity contribution is 0.338. The first-order chi connectivity index (χ1) is 9.85. The van der Waals surface area contributed by atoms with Crippen molar-refractivity contribution in [1.29, 1.82) is 0 Å². The van der Waals surface area contributed by atoms with Crippen molar-refractivity contribution < 1.29 is 0 Å². The predicted molar refractivity (Wildman–Crippen MR) is 78.8 cm³/mol. The van der Waals surface area contributed by atoms with Crippen LogP contribution in [-0.2, 0) is 6.54 Å². The molecule has 6 nitrogen and oxygen atoms in total. The molecule has 0 unspecified atom stereocenters. The molecule has 3 rings (SSSR count). The fourth-order valence-corrected chi connectivity index (χ4v) is 2.86. The van der Waals surface area contributed by atoms with Crippen LogP contribution in [0, 0.1) is 5.92 Å². The lowest BCUT2D eigenvalue weighted by atomic mass is 9.97. The third kappa shape index (κ3) is 3.09. The van der Waals surface area contributed by atoms with Crippen LogP contribution in [0.2, 0.25) is 0 Å². The molecule has 0 aromatic carbocycles. The van der Waals surface area contributed by atoms with Gasteiger partial charge in [-0.05, 0) is 37.1 Å². The van der Waals surface area contributed by atoms with Crippen LogP contribution in [0.15, 0.2) is 29.6 Å². The van der Waals surface area contributed by atoms with Gasteiger partial charge in [0, 0.05) is 25.8 Å². The first-order valence-electron chi connectivity index (χ1n) is 6.82. The summed E-state index contributed by atoms with van der Waals surface area (Å²) in [5.74, 6) is 1.66. The van der Waals surface area contributed by atoms with E-state index < -0.39 is 0 Å². The maximum Gasteiger partial charge on any atom is 0.151 e. The Morgan fingerprint density at radius 1 is 1.25 bits per heavy atom. The van der Waals surface area contributed by atoms with E-state index >= 15 is 0 Å². The molecule has 7 heteroatoms. The van der Waals surface area contributed by atoms with Crippen LogP contribution in [-0.4, -0.2) is 44.5 Å². The van der Waals surface area contributed by atoms with Gasteiger partial charge < -0.3 is 4.90 Å². The number of thioether (sulfide) groups is 1. The van der Waals surface area contributed by atoms with Crippen LogP contribution in [0.25, 0.3) is 0 Å². The summed E-state index contributed by atoms with van der Waals surface area (Å²) in [6, 6.07) is 4.10. The van der Waals surface area contributed by atoms with E-state index in [1.807, 2.05) is 23.2 Å². The van der Waals surface area contributed by atoms with E-state index in [0.29, 0.717) is 5.92 Å². The van der Waals surface area contributed by atoms with Crippen LogP contribution in [0.4, 0.5) is 5.82 Å². The summed E-state index contributed by atoms with van der Waals surface area (Å²) in [5, 5.41) is 17.4. The van der Waals surface area contributed by atoms with Crippen molar-refractivity contribution in [1.82, 2.24) is 25.2 Å². The molecule has 20 heavy (non-hydrogen) atoms. The second-order valence-electron chi connectivity index (χ2n) is 4.99. The predicted octanol–water partition coefficient (Wildman–Crippen LogP) is 1.71. The minimum atomic E-state index is 0.673. The van der Waals surface area contributed by atoms with E-state index in [1.54, 1.807) is 18.0 Å². The average Bonchev–Trinajstić information content (AvgIpc) is 3.01. The summed E-state index contributed by atoms with van der Waals surface area (Å²) in [6.45, 7) is 3.03. The summed E-state index contributed by atoms with van der Waals surface area (Å²) in [4.78, 5) is 2.31. The zero-order chi connectivity index (χ0) is 13.8. The summed E-state index contributed by atoms with van der Waals surface area (Å²) in [7, 11) is 0. The number of hydrogen-bond donors (Lipinski definition) is 0. The number of piperidine rings is 1. The minimum absolute atomic E-state index is 0.673. The van der Waals surface area contributed by atoms with Gasteiger partial charge in [0.15, 0.2) is 5.82 Å². The van der Waals surface area contributed by atoms with E-state index in [0.717, 1.165) is 43.3 Å². The molecule has 2 aromatic heterocycles. The Hall–Kier alpha value is -1.63. The summed E-state index contributed by atoms with van der Waals surface area (Å²) in [6.07, 6.45) is 7.99. The van der Waals surface area contributed by atoms with Crippen molar-refractivity contribution in [3.05, 3.63) is 24.5 Å². The van der Waals surface area contributed by atoms with Crippen molar-refractivity contribution in [3.63, 3.8) is 0 Å². The molecular formula is C13H18N6S. The van der Waals surface area contributed by atoms with Crippen molar-refractivity contribution in [2.24, 2.45) is 5.92 Å². The van der Waals surface area contributed by atoms with E-state index in [9.17, 15) is 0 Å². The second-order valence-corrected chi connectivity index (χ2v) is 5.82. The molecule has 1 fully saturated rings. The Labute approximate surface area is 122 Å². The van der Waals surface area contributed by atoms with Gasteiger partial charge in [-0.2, -0.15) is 0 Å². The van der Waals surface area contributed by atoms with E-state index in [4.69, 9.17) is 0 Å². The molecule has 0 amide bonds. The lowest BCUT2D eigenvalue weighted by Gasteiger charge is -2.32. The van der Waals surface area contributed by atoms with Gasteiger partial charge in [0.25, 0.3) is 0 Å². The number of nitrogens with zero attached hydrogens (tertiary/aromatic N) is 6. The molecule has 1 saturated heterocycles. The molecule has 1 aliphatic heterocycles. The van der Waals surface area contributed by atoms with E-state index in [1.165, 1.54) is 0 Å². The van der Waals surface area contributed by atoms with Gasteiger partial charge in [0.2, 0.25) is 0 Å². The zero-order valence-electron chi connectivity index (χ0n) is 11.5. The molecule has 1 aliphatic rings.